The molecule has 0 saturated heterocycles. The van der Waals surface area contributed by atoms with Gasteiger partial charge in [0.25, 0.3) is 0 Å². The minimum atomic E-state index is -3.47. The molecule has 3 rings (SSSR count). The van der Waals surface area contributed by atoms with Gasteiger partial charge >= 0.3 is 0 Å². The van der Waals surface area contributed by atoms with Crippen molar-refractivity contribution in [2.24, 2.45) is 0 Å². The molecular weight excluding hydrogens is 386 g/mol. The molecule has 29 heavy (non-hydrogen) atoms. The smallest absolute Gasteiger partial charge is 0.235 e. The minimum Gasteiger partial charge on any atom is -0.355 e. The summed E-state index contributed by atoms with van der Waals surface area (Å²) < 4.78 is 25.3. The molecule has 1 N–H and O–H groups in total. The lowest BCUT2D eigenvalue weighted by Crippen LogP contribution is -2.40. The zero-order valence-electron chi connectivity index (χ0n) is 16.9. The molecule has 0 radical (unpaired) electrons. The molecule has 6 nitrogen and oxygen atoms in total. The van der Waals surface area contributed by atoms with Gasteiger partial charge in [-0.25, -0.2) is 8.42 Å². The molecule has 2 aromatic rings. The van der Waals surface area contributed by atoms with Crippen LogP contribution >= 0.6 is 0 Å². The second kappa shape index (κ2) is 10.0. The van der Waals surface area contributed by atoms with E-state index >= 15 is 0 Å². The zero-order chi connectivity index (χ0) is 20.7. The maximum atomic E-state index is 12.3. The lowest BCUT2D eigenvalue weighted by atomic mass is 10.00. The van der Waals surface area contributed by atoms with Crippen molar-refractivity contribution in [1.29, 1.82) is 0 Å². The Balaban J connectivity index is 1.41. The van der Waals surface area contributed by atoms with Crippen molar-refractivity contribution >= 4 is 15.9 Å². The number of nitrogens with one attached hydrogen (secondary N) is 1. The minimum absolute atomic E-state index is 0.162. The lowest BCUT2D eigenvalue weighted by Gasteiger charge is -2.28. The average molecular weight is 416 g/mol. The van der Waals surface area contributed by atoms with E-state index < -0.39 is 10.0 Å². The van der Waals surface area contributed by atoms with Crippen molar-refractivity contribution in [1.82, 2.24) is 14.5 Å². The molecule has 1 amide bonds. The highest BCUT2D eigenvalue weighted by molar-refractivity contribution is 7.88. The van der Waals surface area contributed by atoms with Crippen LogP contribution in [-0.2, 0) is 34.3 Å². The zero-order valence-corrected chi connectivity index (χ0v) is 17.7. The summed E-state index contributed by atoms with van der Waals surface area (Å²) in [5.74, 6) is -0.268. The highest BCUT2D eigenvalue weighted by atomic mass is 32.2. The summed E-state index contributed by atoms with van der Waals surface area (Å²) in [7, 11) is -3.47. The lowest BCUT2D eigenvalue weighted by molar-refractivity contribution is -0.121. The third kappa shape index (κ3) is 6.66. The quantitative estimate of drug-likeness (QED) is 0.636. The highest BCUT2D eigenvalue weighted by Crippen LogP contribution is 2.18. The summed E-state index contributed by atoms with van der Waals surface area (Å²) in [5, 5.41) is 2.86. The first-order chi connectivity index (χ1) is 13.9. The maximum Gasteiger partial charge on any atom is 0.235 e. The van der Waals surface area contributed by atoms with E-state index in [1.807, 2.05) is 30.3 Å². The Labute approximate surface area is 173 Å². The fourth-order valence-corrected chi connectivity index (χ4v) is 4.30. The molecule has 1 aliphatic heterocycles. The predicted octanol–water partition coefficient (Wildman–Crippen LogP) is 2.01. The van der Waals surface area contributed by atoms with Crippen LogP contribution in [0.3, 0.4) is 0 Å². The van der Waals surface area contributed by atoms with E-state index in [9.17, 15) is 13.2 Å². The number of benzene rings is 2. The van der Waals surface area contributed by atoms with Crippen LogP contribution in [0.15, 0.2) is 54.6 Å². The van der Waals surface area contributed by atoms with Gasteiger partial charge in [0.2, 0.25) is 15.9 Å². The van der Waals surface area contributed by atoms with Gasteiger partial charge < -0.3 is 5.32 Å². The van der Waals surface area contributed by atoms with Crippen LogP contribution in [0.2, 0.25) is 0 Å². The Kier molecular flexibility index (Phi) is 7.41. The first-order valence-corrected chi connectivity index (χ1v) is 11.8. The predicted molar refractivity (Wildman–Crippen MR) is 115 cm³/mol. The number of fused-ring (bicyclic) bond motifs is 1. The summed E-state index contributed by atoms with van der Waals surface area (Å²) in [6.45, 7) is 3.46. The van der Waals surface area contributed by atoms with Crippen LogP contribution in [0.5, 0.6) is 0 Å². The normalized spacial score (nSPS) is 14.6. The Morgan fingerprint density at radius 1 is 1.07 bits per heavy atom. The molecule has 0 aromatic heterocycles. The summed E-state index contributed by atoms with van der Waals surface area (Å²) in [6, 6.07) is 17.8. The van der Waals surface area contributed by atoms with Crippen molar-refractivity contribution in [2.75, 3.05) is 32.4 Å². The Hall–Kier alpha value is -2.22. The summed E-state index contributed by atoms with van der Waals surface area (Å²) >= 11 is 0. The summed E-state index contributed by atoms with van der Waals surface area (Å²) in [4.78, 5) is 14.7. The molecule has 2 aromatic carbocycles. The molecule has 0 aliphatic carbocycles. The third-order valence-electron chi connectivity index (χ3n) is 5.17. The molecule has 156 valence electrons. The summed E-state index contributed by atoms with van der Waals surface area (Å²) in [6.07, 6.45) is 3.04. The van der Waals surface area contributed by atoms with Crippen LogP contribution in [0.4, 0.5) is 0 Å². The van der Waals surface area contributed by atoms with Crippen molar-refractivity contribution in [3.05, 3.63) is 71.3 Å². The van der Waals surface area contributed by atoms with Crippen LogP contribution in [0.1, 0.15) is 23.1 Å². The van der Waals surface area contributed by atoms with E-state index in [1.54, 1.807) is 0 Å². The molecule has 0 saturated carbocycles. The number of carbonyl (C=O) groups is 1. The van der Waals surface area contributed by atoms with Gasteiger partial charge in [-0.1, -0.05) is 54.6 Å². The standard InChI is InChI=1S/C22H29N3O3S/c1-29(27,28)25(16-19-8-3-2-4-9-19)18-22(26)23-13-7-14-24-15-12-20-10-5-6-11-21(20)17-24/h2-6,8-11H,7,12-18H2,1H3,(H,23,26). The van der Waals surface area contributed by atoms with E-state index in [-0.39, 0.29) is 19.0 Å². The molecule has 1 heterocycles. The van der Waals surface area contributed by atoms with Crippen LogP contribution in [-0.4, -0.2) is 56.0 Å². The molecule has 0 bridgehead atoms. The average Bonchev–Trinajstić information content (AvgIpc) is 2.71. The Morgan fingerprint density at radius 3 is 2.48 bits per heavy atom. The van der Waals surface area contributed by atoms with Gasteiger partial charge in [0, 0.05) is 32.7 Å². The Morgan fingerprint density at radius 2 is 1.76 bits per heavy atom. The van der Waals surface area contributed by atoms with Gasteiger partial charge in [0.05, 0.1) is 12.8 Å². The van der Waals surface area contributed by atoms with Crippen molar-refractivity contribution in [3.63, 3.8) is 0 Å². The third-order valence-corrected chi connectivity index (χ3v) is 6.37. The molecular formula is C22H29N3O3S. The number of nitrogens with zero attached hydrogens (tertiary/aromatic N) is 2. The molecule has 0 fully saturated rings. The maximum absolute atomic E-state index is 12.3. The fourth-order valence-electron chi connectivity index (χ4n) is 3.57. The fraction of sp³-hybridized carbons (Fsp3) is 0.409. The van der Waals surface area contributed by atoms with Gasteiger partial charge in [0.15, 0.2) is 0 Å². The number of sulfonamides is 1. The van der Waals surface area contributed by atoms with Gasteiger partial charge in [-0.3, -0.25) is 9.69 Å². The molecule has 7 heteroatoms. The largest absolute Gasteiger partial charge is 0.355 e. The molecule has 1 aliphatic rings. The van der Waals surface area contributed by atoms with Gasteiger partial charge in [-0.2, -0.15) is 4.31 Å². The molecule has 0 atom stereocenters. The van der Waals surface area contributed by atoms with E-state index in [0.717, 1.165) is 44.3 Å². The summed E-state index contributed by atoms with van der Waals surface area (Å²) in [5.41, 5.74) is 3.67. The number of hydrogen-bond acceptors (Lipinski definition) is 4. The van der Waals surface area contributed by atoms with Gasteiger partial charge in [-0.15, -0.1) is 0 Å². The van der Waals surface area contributed by atoms with Crippen LogP contribution in [0, 0.1) is 0 Å². The number of carbonyl (C=O) groups excluding carboxylic acids is 1. The number of rotatable bonds is 9. The van der Waals surface area contributed by atoms with Crippen molar-refractivity contribution < 1.29 is 13.2 Å². The van der Waals surface area contributed by atoms with E-state index in [1.165, 1.54) is 15.4 Å². The van der Waals surface area contributed by atoms with E-state index in [0.29, 0.717) is 6.54 Å². The SMILES string of the molecule is CS(=O)(=O)N(CC(=O)NCCCN1CCc2ccccc2C1)Cc1ccccc1. The second-order valence-corrected chi connectivity index (χ2v) is 9.50. The molecule has 0 unspecified atom stereocenters. The second-order valence-electron chi connectivity index (χ2n) is 7.52. The highest BCUT2D eigenvalue weighted by Gasteiger charge is 2.20. The topological polar surface area (TPSA) is 69.7 Å². The first kappa shape index (κ1) is 21.5. The van der Waals surface area contributed by atoms with Gasteiger partial charge in [-0.05, 0) is 29.5 Å². The van der Waals surface area contributed by atoms with Crippen LogP contribution < -0.4 is 5.32 Å². The Bertz CT molecular complexity index is 916. The number of hydrogen-bond donors (Lipinski definition) is 1. The number of amides is 1. The van der Waals surface area contributed by atoms with E-state index in [2.05, 4.69) is 34.5 Å². The van der Waals surface area contributed by atoms with Crippen LogP contribution in [0.25, 0.3) is 0 Å². The first-order valence-electron chi connectivity index (χ1n) is 9.97. The van der Waals surface area contributed by atoms with E-state index in [4.69, 9.17) is 0 Å². The van der Waals surface area contributed by atoms with Crippen molar-refractivity contribution in [2.45, 2.75) is 25.9 Å². The monoisotopic (exact) mass is 415 g/mol. The molecule has 0 spiro atoms. The van der Waals surface area contributed by atoms with Gasteiger partial charge in [0.1, 0.15) is 0 Å². The van der Waals surface area contributed by atoms with Crippen molar-refractivity contribution in [3.8, 4) is 0 Å².